The summed E-state index contributed by atoms with van der Waals surface area (Å²) in [5.41, 5.74) is 11.9. The Morgan fingerprint density at radius 2 is 0.860 bits per heavy atom. The summed E-state index contributed by atoms with van der Waals surface area (Å²) in [6.07, 6.45) is 0. The molecule has 4 nitrogen and oxygen atoms in total. The lowest BCUT2D eigenvalue weighted by molar-refractivity contribution is 0.996. The molecule has 0 saturated carbocycles. The smallest absolute Gasteiger partial charge is 0.235 e. The minimum absolute atomic E-state index is 0.646. The van der Waals surface area contributed by atoms with E-state index in [1.54, 1.807) is 0 Å². The van der Waals surface area contributed by atoms with Crippen molar-refractivity contribution in [3.8, 4) is 45.3 Å². The molecule has 4 aromatic heterocycles. The summed E-state index contributed by atoms with van der Waals surface area (Å²) in [6, 6.07) is 69.5. The molecular weight excluding hydrogens is 713 g/mol. The van der Waals surface area contributed by atoms with E-state index in [1.165, 1.54) is 58.4 Å². The molecule has 0 aliphatic rings. The zero-order chi connectivity index (χ0) is 37.5. The van der Waals surface area contributed by atoms with Gasteiger partial charge in [0, 0.05) is 58.5 Å². The van der Waals surface area contributed by atoms with Gasteiger partial charge in [-0.2, -0.15) is 0 Å². The monoisotopic (exact) mass is 744 g/mol. The molecule has 5 heteroatoms. The highest BCUT2D eigenvalue weighted by molar-refractivity contribution is 7.25. The highest BCUT2D eigenvalue weighted by atomic mass is 32.1. The van der Waals surface area contributed by atoms with Gasteiger partial charge in [0.2, 0.25) is 5.95 Å². The first kappa shape index (κ1) is 32.0. The number of para-hydroxylation sites is 2. The Morgan fingerprint density at radius 1 is 0.333 bits per heavy atom. The van der Waals surface area contributed by atoms with Crippen LogP contribution in [0.4, 0.5) is 0 Å². The van der Waals surface area contributed by atoms with Gasteiger partial charge in [0.15, 0.2) is 0 Å². The van der Waals surface area contributed by atoms with E-state index in [1.807, 2.05) is 23.5 Å². The van der Waals surface area contributed by atoms with Crippen molar-refractivity contribution in [3.05, 3.63) is 194 Å². The number of rotatable bonds is 5. The fraction of sp³-hybridized carbons (Fsp3) is 0. The van der Waals surface area contributed by atoms with E-state index in [9.17, 15) is 0 Å². The van der Waals surface area contributed by atoms with Gasteiger partial charge in [0.1, 0.15) is 0 Å². The molecule has 0 fully saturated rings. The molecule has 266 valence electrons. The van der Waals surface area contributed by atoms with E-state index < -0.39 is 0 Å². The Balaban J connectivity index is 1.10. The Hall–Kier alpha value is -7.34. The fourth-order valence-electron chi connectivity index (χ4n) is 8.79. The maximum absolute atomic E-state index is 5.29. The number of aromatic nitrogens is 4. The molecule has 0 bridgehead atoms. The number of hydrogen-bond acceptors (Lipinski definition) is 3. The second-order valence-electron chi connectivity index (χ2n) is 14.6. The molecule has 0 N–H and O–H groups in total. The third-order valence-corrected chi connectivity index (χ3v) is 12.5. The van der Waals surface area contributed by atoms with Crippen LogP contribution in [0.3, 0.4) is 0 Å². The molecule has 0 saturated heterocycles. The second-order valence-corrected chi connectivity index (χ2v) is 15.7. The maximum atomic E-state index is 5.29. The van der Waals surface area contributed by atoms with Gasteiger partial charge in [-0.05, 0) is 71.8 Å². The molecule has 0 radical (unpaired) electrons. The molecule has 0 aliphatic heterocycles. The summed E-state index contributed by atoms with van der Waals surface area (Å²) in [7, 11) is 0. The van der Waals surface area contributed by atoms with E-state index in [-0.39, 0.29) is 0 Å². The molecule has 0 unspecified atom stereocenters. The highest BCUT2D eigenvalue weighted by Gasteiger charge is 2.22. The molecule has 0 amide bonds. The van der Waals surface area contributed by atoms with Crippen molar-refractivity contribution < 1.29 is 0 Å². The number of hydrogen-bond donors (Lipinski definition) is 0. The average molecular weight is 745 g/mol. The van der Waals surface area contributed by atoms with Gasteiger partial charge in [-0.3, -0.25) is 4.57 Å². The number of thiophene rings is 1. The van der Waals surface area contributed by atoms with Crippen LogP contribution in [-0.4, -0.2) is 19.1 Å². The van der Waals surface area contributed by atoms with Crippen LogP contribution in [0.2, 0.25) is 0 Å². The quantitative estimate of drug-likeness (QED) is 0.176. The summed E-state index contributed by atoms with van der Waals surface area (Å²) >= 11 is 1.86. The third-order valence-electron chi connectivity index (χ3n) is 11.3. The largest absolute Gasteiger partial charge is 0.309 e. The number of nitrogens with zero attached hydrogens (tertiary/aromatic N) is 4. The van der Waals surface area contributed by atoms with Gasteiger partial charge in [0.25, 0.3) is 0 Å². The van der Waals surface area contributed by atoms with Crippen molar-refractivity contribution in [2.45, 2.75) is 0 Å². The first-order chi connectivity index (χ1) is 28.3. The SMILES string of the molecule is c1ccc(-c2cc(-c3ccccc3)nc(-n3c4ccccc4c4c5c6ccccc6n(-c6cccc(-c7ccc8sc9ccccc9c8c7)c6)c5ccc43)n2)cc1. The van der Waals surface area contributed by atoms with Crippen LogP contribution < -0.4 is 0 Å². The fourth-order valence-corrected chi connectivity index (χ4v) is 9.88. The van der Waals surface area contributed by atoms with Crippen LogP contribution in [0.1, 0.15) is 0 Å². The normalized spacial score (nSPS) is 11.9. The molecule has 0 atom stereocenters. The van der Waals surface area contributed by atoms with Crippen molar-refractivity contribution in [1.29, 1.82) is 0 Å². The van der Waals surface area contributed by atoms with Crippen molar-refractivity contribution in [2.24, 2.45) is 0 Å². The summed E-state index contributed by atoms with van der Waals surface area (Å²) in [4.78, 5) is 10.6. The lowest BCUT2D eigenvalue weighted by Gasteiger charge is -2.12. The molecular formula is C52H32N4S. The molecule has 0 aliphatic carbocycles. The van der Waals surface area contributed by atoms with Gasteiger partial charge in [0.05, 0.1) is 33.5 Å². The topological polar surface area (TPSA) is 35.6 Å². The summed E-state index contributed by atoms with van der Waals surface area (Å²) < 4.78 is 7.32. The van der Waals surface area contributed by atoms with Crippen LogP contribution in [0.25, 0.3) is 109 Å². The first-order valence-electron chi connectivity index (χ1n) is 19.2. The lowest BCUT2D eigenvalue weighted by Crippen LogP contribution is -2.04. The maximum Gasteiger partial charge on any atom is 0.235 e. The molecule has 8 aromatic carbocycles. The first-order valence-corrected chi connectivity index (χ1v) is 20.1. The van der Waals surface area contributed by atoms with Crippen LogP contribution in [0.15, 0.2) is 194 Å². The van der Waals surface area contributed by atoms with Crippen molar-refractivity contribution in [1.82, 2.24) is 19.1 Å². The van der Waals surface area contributed by atoms with E-state index in [2.05, 4.69) is 191 Å². The van der Waals surface area contributed by atoms with Gasteiger partial charge in [-0.15, -0.1) is 11.3 Å². The van der Waals surface area contributed by atoms with Gasteiger partial charge >= 0.3 is 0 Å². The van der Waals surface area contributed by atoms with E-state index in [4.69, 9.17) is 9.97 Å². The van der Waals surface area contributed by atoms with E-state index in [0.29, 0.717) is 5.95 Å². The minimum atomic E-state index is 0.646. The minimum Gasteiger partial charge on any atom is -0.309 e. The van der Waals surface area contributed by atoms with Gasteiger partial charge in [-0.1, -0.05) is 133 Å². The lowest BCUT2D eigenvalue weighted by atomic mass is 10.0. The highest BCUT2D eigenvalue weighted by Crippen LogP contribution is 2.43. The zero-order valence-corrected chi connectivity index (χ0v) is 31.5. The Bertz CT molecular complexity index is 3460. The summed E-state index contributed by atoms with van der Waals surface area (Å²) in [6.45, 7) is 0. The molecule has 0 spiro atoms. The zero-order valence-electron chi connectivity index (χ0n) is 30.7. The standard InChI is InChI=1S/C52H32N4S/c1-3-14-33(15-4-1)42-32-43(34-16-5-2-6-17-34)54-52(53-42)56-45-24-11-8-22-40(45)51-47(56)28-27-46-50(51)39-21-7-10-23-44(39)55(46)37-19-13-18-35(30-37)36-26-29-49-41(31-36)38-20-9-12-25-48(38)57-49/h1-32H. The molecule has 57 heavy (non-hydrogen) atoms. The Kier molecular flexibility index (Phi) is 7.06. The van der Waals surface area contributed by atoms with E-state index >= 15 is 0 Å². The van der Waals surface area contributed by atoms with E-state index in [0.717, 1.165) is 44.8 Å². The Morgan fingerprint density at radius 3 is 1.54 bits per heavy atom. The van der Waals surface area contributed by atoms with Crippen LogP contribution in [-0.2, 0) is 0 Å². The number of fused-ring (bicyclic) bond motifs is 10. The second kappa shape index (κ2) is 12.6. The Labute approximate surface area is 332 Å². The van der Waals surface area contributed by atoms with Crippen molar-refractivity contribution >= 4 is 75.1 Å². The number of benzene rings is 8. The summed E-state index contributed by atoms with van der Waals surface area (Å²) in [5, 5.41) is 7.41. The van der Waals surface area contributed by atoms with Crippen LogP contribution >= 0.6 is 11.3 Å². The summed E-state index contributed by atoms with van der Waals surface area (Å²) in [5.74, 6) is 0.646. The molecule has 4 heterocycles. The predicted octanol–water partition coefficient (Wildman–Crippen LogP) is 14.0. The molecule has 12 aromatic rings. The van der Waals surface area contributed by atoms with Crippen LogP contribution in [0.5, 0.6) is 0 Å². The predicted molar refractivity (Wildman–Crippen MR) is 240 cm³/mol. The van der Waals surface area contributed by atoms with Gasteiger partial charge < -0.3 is 4.57 Å². The molecule has 12 rings (SSSR count). The van der Waals surface area contributed by atoms with Crippen molar-refractivity contribution in [3.63, 3.8) is 0 Å². The van der Waals surface area contributed by atoms with Gasteiger partial charge in [-0.25, -0.2) is 9.97 Å². The third kappa shape index (κ3) is 4.99. The average Bonchev–Trinajstić information content (AvgIpc) is 3.94. The van der Waals surface area contributed by atoms with Crippen molar-refractivity contribution in [2.75, 3.05) is 0 Å². The van der Waals surface area contributed by atoms with Crippen LogP contribution in [0, 0.1) is 0 Å².